The van der Waals surface area contributed by atoms with Gasteiger partial charge in [-0.15, -0.1) is 0 Å². The van der Waals surface area contributed by atoms with E-state index in [1.54, 1.807) is 17.1 Å². The Hall–Kier alpha value is -2.54. The highest BCUT2D eigenvalue weighted by Gasteiger charge is 2.33. The van der Waals surface area contributed by atoms with Crippen LogP contribution >= 0.6 is 11.5 Å². The van der Waals surface area contributed by atoms with E-state index in [0.717, 1.165) is 28.2 Å². The molecule has 4 rings (SSSR count). The quantitative estimate of drug-likeness (QED) is 0.789. The fourth-order valence-corrected chi connectivity index (χ4v) is 3.47. The lowest BCUT2D eigenvalue weighted by Gasteiger charge is -2.23. The summed E-state index contributed by atoms with van der Waals surface area (Å²) in [4.78, 5) is 16.2. The molecule has 7 heteroatoms. The molecule has 0 saturated carbocycles. The van der Waals surface area contributed by atoms with Crippen LogP contribution in [0.3, 0.4) is 0 Å². The van der Waals surface area contributed by atoms with Crippen molar-refractivity contribution in [1.29, 1.82) is 0 Å². The van der Waals surface area contributed by atoms with E-state index in [-0.39, 0.29) is 11.8 Å². The first-order chi connectivity index (χ1) is 10.7. The van der Waals surface area contributed by atoms with Crippen molar-refractivity contribution in [2.45, 2.75) is 12.3 Å². The third-order valence-electron chi connectivity index (χ3n) is 3.87. The Morgan fingerprint density at radius 1 is 1.41 bits per heavy atom. The predicted octanol–water partition coefficient (Wildman–Crippen LogP) is 2.41. The monoisotopic (exact) mass is 311 g/mol. The number of hydrogen-bond donors (Lipinski definition) is 1. The Balaban J connectivity index is 1.94. The Kier molecular flexibility index (Phi) is 3.00. The van der Waals surface area contributed by atoms with Crippen molar-refractivity contribution in [3.8, 4) is 11.3 Å². The van der Waals surface area contributed by atoms with Crippen molar-refractivity contribution < 1.29 is 4.79 Å². The maximum atomic E-state index is 12.0. The molecule has 3 aromatic rings. The molecule has 1 aliphatic heterocycles. The number of nitrogens with one attached hydrogen (secondary N) is 1. The van der Waals surface area contributed by atoms with Gasteiger partial charge in [-0.05, 0) is 29.2 Å². The molecule has 0 aliphatic carbocycles. The van der Waals surface area contributed by atoms with Crippen molar-refractivity contribution in [3.05, 3.63) is 47.2 Å². The molecule has 110 valence electrons. The molecule has 0 bridgehead atoms. The number of hydrogen-bond acceptors (Lipinski definition) is 5. The Morgan fingerprint density at radius 2 is 2.32 bits per heavy atom. The molecular formula is C15H13N5OS. The van der Waals surface area contributed by atoms with Gasteiger partial charge < -0.3 is 5.32 Å². The van der Waals surface area contributed by atoms with Crippen LogP contribution in [0.4, 0.5) is 5.82 Å². The van der Waals surface area contributed by atoms with Gasteiger partial charge in [0.15, 0.2) is 0 Å². The summed E-state index contributed by atoms with van der Waals surface area (Å²) in [7, 11) is 1.84. The molecule has 0 radical (unpaired) electrons. The lowest BCUT2D eigenvalue weighted by molar-refractivity contribution is -0.116. The summed E-state index contributed by atoms with van der Waals surface area (Å²) in [6.45, 7) is 0. The number of anilines is 1. The first-order valence-electron chi connectivity index (χ1n) is 6.90. The third kappa shape index (κ3) is 2.01. The van der Waals surface area contributed by atoms with E-state index in [2.05, 4.69) is 19.8 Å². The van der Waals surface area contributed by atoms with E-state index < -0.39 is 0 Å². The van der Waals surface area contributed by atoms with E-state index in [0.29, 0.717) is 6.42 Å². The zero-order valence-electron chi connectivity index (χ0n) is 11.9. The summed E-state index contributed by atoms with van der Waals surface area (Å²) >= 11 is 1.40. The molecule has 1 amide bonds. The second kappa shape index (κ2) is 5.03. The summed E-state index contributed by atoms with van der Waals surface area (Å²) < 4.78 is 5.90. The van der Waals surface area contributed by atoms with Crippen LogP contribution in [0, 0.1) is 0 Å². The summed E-state index contributed by atoms with van der Waals surface area (Å²) in [5.41, 5.74) is 3.90. The number of rotatable bonds is 2. The number of aryl methyl sites for hydroxylation is 1. The first kappa shape index (κ1) is 13.1. The fraction of sp³-hybridized carbons (Fsp3) is 0.200. The number of amides is 1. The smallest absolute Gasteiger partial charge is 0.226 e. The number of pyridine rings is 1. The minimum Gasteiger partial charge on any atom is -0.311 e. The van der Waals surface area contributed by atoms with E-state index in [9.17, 15) is 4.79 Å². The number of carbonyl (C=O) groups excluding carboxylic acids is 1. The van der Waals surface area contributed by atoms with Crippen LogP contribution < -0.4 is 5.32 Å². The SMILES string of the molecule is Cn1nc(-c2cccnc2)c2c1NC(=O)CC2c1cnsc1. The molecule has 1 unspecified atom stereocenters. The molecule has 1 N–H and O–H groups in total. The number of aromatic nitrogens is 4. The van der Waals surface area contributed by atoms with Gasteiger partial charge in [0.05, 0.1) is 5.69 Å². The summed E-state index contributed by atoms with van der Waals surface area (Å²) in [5.74, 6) is 0.738. The zero-order chi connectivity index (χ0) is 15.1. The Bertz CT molecular complexity index is 825. The van der Waals surface area contributed by atoms with Gasteiger partial charge >= 0.3 is 0 Å². The van der Waals surface area contributed by atoms with Crippen molar-refractivity contribution in [2.24, 2.45) is 7.05 Å². The summed E-state index contributed by atoms with van der Waals surface area (Å²) in [6, 6.07) is 3.87. The maximum Gasteiger partial charge on any atom is 0.226 e. The highest BCUT2D eigenvalue weighted by atomic mass is 32.1. The van der Waals surface area contributed by atoms with Crippen molar-refractivity contribution in [1.82, 2.24) is 19.1 Å². The van der Waals surface area contributed by atoms with Gasteiger partial charge in [-0.25, -0.2) is 4.37 Å². The highest BCUT2D eigenvalue weighted by molar-refractivity contribution is 7.03. The molecule has 22 heavy (non-hydrogen) atoms. The lowest BCUT2D eigenvalue weighted by atomic mass is 9.86. The topological polar surface area (TPSA) is 72.7 Å². The molecule has 0 fully saturated rings. The maximum absolute atomic E-state index is 12.0. The van der Waals surface area contributed by atoms with Gasteiger partial charge in [-0.3, -0.25) is 14.5 Å². The Morgan fingerprint density at radius 3 is 3.05 bits per heavy atom. The summed E-state index contributed by atoms with van der Waals surface area (Å²) in [6.07, 6.45) is 5.77. The average molecular weight is 311 g/mol. The van der Waals surface area contributed by atoms with Gasteiger partial charge in [0.2, 0.25) is 5.91 Å². The van der Waals surface area contributed by atoms with Crippen molar-refractivity contribution >= 4 is 23.3 Å². The minimum atomic E-state index is -0.0218. The van der Waals surface area contributed by atoms with Crippen molar-refractivity contribution in [3.63, 3.8) is 0 Å². The van der Waals surface area contributed by atoms with Gasteiger partial charge in [0, 0.05) is 54.5 Å². The number of carbonyl (C=O) groups is 1. The van der Waals surface area contributed by atoms with Crippen LogP contribution in [0.25, 0.3) is 11.3 Å². The minimum absolute atomic E-state index is 0.00411. The van der Waals surface area contributed by atoms with Crippen LogP contribution in [0.1, 0.15) is 23.5 Å². The summed E-state index contributed by atoms with van der Waals surface area (Å²) in [5, 5.41) is 9.53. The molecule has 0 aromatic carbocycles. The van der Waals surface area contributed by atoms with Gasteiger partial charge in [-0.2, -0.15) is 5.10 Å². The van der Waals surface area contributed by atoms with Crippen LogP contribution in [-0.2, 0) is 11.8 Å². The van der Waals surface area contributed by atoms with E-state index >= 15 is 0 Å². The normalized spacial score (nSPS) is 17.1. The standard InChI is InChI=1S/C15H13N5OS/c1-20-15-13(14(19-20)9-3-2-4-16-6-9)11(5-12(21)18-15)10-7-17-22-8-10/h2-4,6-8,11H,5H2,1H3,(H,18,21). The third-order valence-corrected chi connectivity index (χ3v) is 4.47. The fourth-order valence-electron chi connectivity index (χ4n) is 2.87. The van der Waals surface area contributed by atoms with Gasteiger partial charge in [0.1, 0.15) is 5.82 Å². The molecule has 6 nitrogen and oxygen atoms in total. The van der Waals surface area contributed by atoms with Crippen LogP contribution in [0.15, 0.2) is 36.1 Å². The molecule has 1 atom stereocenters. The predicted molar refractivity (Wildman–Crippen MR) is 83.6 cm³/mol. The largest absolute Gasteiger partial charge is 0.311 e. The molecule has 1 aliphatic rings. The molecular weight excluding hydrogens is 298 g/mol. The second-order valence-electron chi connectivity index (χ2n) is 5.24. The first-order valence-corrected chi connectivity index (χ1v) is 7.74. The lowest BCUT2D eigenvalue weighted by Crippen LogP contribution is -2.24. The van der Waals surface area contributed by atoms with Crippen LogP contribution in [-0.4, -0.2) is 25.0 Å². The van der Waals surface area contributed by atoms with E-state index in [1.807, 2.05) is 30.8 Å². The van der Waals surface area contributed by atoms with Crippen molar-refractivity contribution in [2.75, 3.05) is 5.32 Å². The molecule has 0 spiro atoms. The average Bonchev–Trinajstić information content (AvgIpc) is 3.16. The molecule has 0 saturated heterocycles. The van der Waals surface area contributed by atoms with Gasteiger partial charge in [-0.1, -0.05) is 0 Å². The molecule has 3 aromatic heterocycles. The van der Waals surface area contributed by atoms with E-state index in [4.69, 9.17) is 0 Å². The number of nitrogens with zero attached hydrogens (tertiary/aromatic N) is 4. The van der Waals surface area contributed by atoms with E-state index in [1.165, 1.54) is 11.5 Å². The van der Waals surface area contributed by atoms with Crippen LogP contribution in [0.2, 0.25) is 0 Å². The molecule has 4 heterocycles. The number of fused-ring (bicyclic) bond motifs is 1. The van der Waals surface area contributed by atoms with Gasteiger partial charge in [0.25, 0.3) is 0 Å². The van der Waals surface area contributed by atoms with Crippen LogP contribution in [0.5, 0.6) is 0 Å². The highest BCUT2D eigenvalue weighted by Crippen LogP contribution is 2.42. The zero-order valence-corrected chi connectivity index (χ0v) is 12.7. The second-order valence-corrected chi connectivity index (χ2v) is 5.90. The Labute approximate surface area is 131 Å².